The molecule has 0 aromatic rings. The summed E-state index contributed by atoms with van der Waals surface area (Å²) in [6, 6.07) is 0. The van der Waals surface area contributed by atoms with Crippen molar-refractivity contribution in [2.45, 2.75) is 0 Å². The minimum absolute atomic E-state index is 0. The largest absolute Gasteiger partial charge is 0 e. The van der Waals surface area contributed by atoms with Crippen molar-refractivity contribution in [3.63, 3.8) is 0 Å². The molecule has 0 aliphatic rings. The van der Waals surface area contributed by atoms with E-state index in [1.54, 1.807) is 6.66 Å². The molecule has 26 valence electrons. The van der Waals surface area contributed by atoms with Crippen LogP contribution in [0.3, 0.4) is 0 Å². The van der Waals surface area contributed by atoms with Crippen molar-refractivity contribution in [3.05, 3.63) is 0 Å². The molecule has 0 atom stereocenters. The monoisotopic (exact) mass is 218 g/mol. The van der Waals surface area contributed by atoms with Crippen molar-refractivity contribution in [2.75, 3.05) is 0 Å². The van der Waals surface area contributed by atoms with E-state index in [1.165, 1.54) is 0 Å². The van der Waals surface area contributed by atoms with Gasteiger partial charge >= 0.3 is 22.5 Å². The molecular formula is H2BCrCuZr. The molecule has 0 unspecified atom stereocenters. The van der Waals surface area contributed by atoms with Crippen LogP contribution >= 0.6 is 0 Å². The van der Waals surface area contributed by atoms with Crippen LogP contribution < -0.4 is 0 Å². The van der Waals surface area contributed by atoms with E-state index in [2.05, 4.69) is 15.8 Å². The predicted octanol–water partition coefficient (Wildman–Crippen LogP) is -0.924. The Morgan fingerprint density at radius 1 is 1.25 bits per heavy atom. The molecule has 0 N–H and O–H groups in total. The zero-order valence-electron chi connectivity index (χ0n) is 2.21. The van der Waals surface area contributed by atoms with Gasteiger partial charge in [-0.3, -0.25) is 0 Å². The van der Waals surface area contributed by atoms with Gasteiger partial charge in [-0.15, -0.1) is 0 Å². The Kier molecular flexibility index (Phi) is 83.3. The summed E-state index contributed by atoms with van der Waals surface area (Å²) in [5.74, 6) is 0. The number of rotatable bonds is 0. The van der Waals surface area contributed by atoms with Crippen LogP contribution in [0.4, 0.5) is 0 Å². The first kappa shape index (κ1) is 16.7. The molecule has 0 aromatic heterocycles. The molecule has 4 heteroatoms. The third-order valence-corrected chi connectivity index (χ3v) is 0. The number of hydrogen-bond donors (Lipinski definition) is 0. The third-order valence-electron chi connectivity index (χ3n) is 0. The van der Waals surface area contributed by atoms with Gasteiger partial charge in [0.1, 0.15) is 0 Å². The molecule has 0 saturated heterocycles. The standard InChI is InChI=1S/BH2.Cr.Cu.Zr/h1H2;;;/q+1;;-1;. The van der Waals surface area contributed by atoms with Crippen LogP contribution in [0.1, 0.15) is 0 Å². The van der Waals surface area contributed by atoms with Crippen molar-refractivity contribution in [1.82, 2.24) is 0 Å². The van der Waals surface area contributed by atoms with Crippen molar-refractivity contribution in [2.24, 2.45) is 0 Å². The molecule has 4 heavy (non-hydrogen) atoms. The second-order valence-electron chi connectivity index (χ2n) is 0. The maximum absolute atomic E-state index is 4.19. The van der Waals surface area contributed by atoms with Gasteiger partial charge in [0.15, 0.2) is 0 Å². The fourth-order valence-electron chi connectivity index (χ4n) is 0. The first-order valence-electron chi connectivity index (χ1n) is 0.302. The van der Waals surface area contributed by atoms with Crippen LogP contribution in [0.15, 0.2) is 0 Å². The number of hydrogen-bond acceptors (Lipinski definition) is 0. The van der Waals surface area contributed by atoms with Crippen LogP contribution in [0.25, 0.3) is 0 Å². The van der Waals surface area contributed by atoms with E-state index < -0.39 is 0 Å². The molecule has 0 aliphatic carbocycles. The predicted molar refractivity (Wildman–Crippen MR) is 8.54 cm³/mol. The van der Waals surface area contributed by atoms with E-state index in [1.807, 2.05) is 0 Å². The van der Waals surface area contributed by atoms with Crippen LogP contribution in [0, 0.1) is 0 Å². The topological polar surface area (TPSA) is 0 Å². The molecule has 0 fully saturated rings. The molecule has 0 aliphatic heterocycles. The van der Waals surface area contributed by atoms with E-state index in [0.29, 0.717) is 0 Å². The maximum atomic E-state index is 4.19. The van der Waals surface area contributed by atoms with E-state index in [0.717, 1.165) is 0 Å². The summed E-state index contributed by atoms with van der Waals surface area (Å²) >= 11 is 4.19. The Morgan fingerprint density at radius 2 is 1.25 bits per heavy atom. The summed E-state index contributed by atoms with van der Waals surface area (Å²) in [5.41, 5.74) is 0. The van der Waals surface area contributed by atoms with E-state index in [4.69, 9.17) is 0 Å². The quantitative estimate of drug-likeness (QED) is 0.462. The minimum Gasteiger partial charge on any atom is 0 e. The van der Waals surface area contributed by atoms with Crippen LogP contribution in [0.5, 0.6) is 0 Å². The normalized spacial score (nSPS) is 1.50. The molecule has 0 spiro atoms. The van der Waals surface area contributed by atoms with Gasteiger partial charge in [0, 0.05) is 43.6 Å². The van der Waals surface area contributed by atoms with Gasteiger partial charge in [0.25, 0.3) is 0 Å². The molecular weight excluding hydrogens is 218 g/mol. The zero-order chi connectivity index (χ0) is 2.00. The van der Waals surface area contributed by atoms with Crippen molar-refractivity contribution in [3.8, 4) is 0 Å². The fraction of sp³-hybridized carbons (Fsp3) is 0. The first-order valence-corrected chi connectivity index (χ1v) is 1.24. The first-order chi connectivity index (χ1) is 1.00. The van der Waals surface area contributed by atoms with E-state index >= 15 is 0 Å². The molecule has 0 bridgehead atoms. The van der Waals surface area contributed by atoms with Crippen molar-refractivity contribution >= 4 is 6.66 Å². The average molecular weight is 220 g/mol. The van der Waals surface area contributed by atoms with Gasteiger partial charge < -0.3 is 0 Å². The smallest absolute Gasteiger partial charge is 0 e. The summed E-state index contributed by atoms with van der Waals surface area (Å²) in [6.45, 7) is 1.56. The average Bonchev–Trinajstić information content (AvgIpc) is 1.00. The van der Waals surface area contributed by atoms with Crippen molar-refractivity contribution in [1.29, 1.82) is 0 Å². The van der Waals surface area contributed by atoms with Crippen LogP contribution in [0.2, 0.25) is 0 Å². The van der Waals surface area contributed by atoms with Gasteiger partial charge in [0.05, 0.1) is 0 Å². The van der Waals surface area contributed by atoms with E-state index in [9.17, 15) is 0 Å². The molecule has 0 amide bonds. The van der Waals surface area contributed by atoms with Gasteiger partial charge in [0.2, 0.25) is 0 Å². The summed E-state index contributed by atoms with van der Waals surface area (Å²) in [4.78, 5) is 0. The second-order valence-corrected chi connectivity index (χ2v) is 0. The summed E-state index contributed by atoms with van der Waals surface area (Å²) in [7, 11) is 0. The summed E-state index contributed by atoms with van der Waals surface area (Å²) < 4.78 is 0. The fourth-order valence-corrected chi connectivity index (χ4v) is 0. The van der Waals surface area contributed by atoms with Gasteiger partial charge in [-0.25, -0.2) is 0 Å². The summed E-state index contributed by atoms with van der Waals surface area (Å²) in [5, 5.41) is 0. The molecule has 0 radical (unpaired) electrons. The maximum Gasteiger partial charge on any atom is 0 e. The third kappa shape index (κ3) is 9.00. The van der Waals surface area contributed by atoms with E-state index in [-0.39, 0.29) is 43.6 Å². The van der Waals surface area contributed by atoms with Crippen LogP contribution in [-0.2, 0) is 59.4 Å². The molecule has 0 rings (SSSR count). The molecule has 0 nitrogen and oxygen atoms in total. The van der Waals surface area contributed by atoms with Gasteiger partial charge in [-0.1, -0.05) is 0 Å². The van der Waals surface area contributed by atoms with Gasteiger partial charge in [-0.05, 0) is 0 Å². The SMILES string of the molecule is [BH2][Cu].[Cr].[Zr]. The molecule has 0 heterocycles. The Bertz CT molecular complexity index is 8.00. The Balaban J connectivity index is -0.00000000500. The van der Waals surface area contributed by atoms with Crippen molar-refractivity contribution < 1.29 is 59.4 Å². The van der Waals surface area contributed by atoms with Gasteiger partial charge in [-0.2, -0.15) is 0 Å². The minimum atomic E-state index is 0. The second kappa shape index (κ2) is 20.0. The Hall–Kier alpha value is 2.00. The molecule has 0 aromatic carbocycles. The molecule has 0 saturated carbocycles. The Morgan fingerprint density at radius 3 is 1.25 bits per heavy atom. The van der Waals surface area contributed by atoms with Crippen LogP contribution in [-0.4, -0.2) is 6.66 Å². The summed E-state index contributed by atoms with van der Waals surface area (Å²) in [6.07, 6.45) is 0. The zero-order valence-corrected chi connectivity index (χ0v) is 6.88. The Labute approximate surface area is 65.4 Å².